The third-order valence-electron chi connectivity index (χ3n) is 4.74. The van der Waals surface area contributed by atoms with Crippen LogP contribution < -0.4 is 15.5 Å². The lowest BCUT2D eigenvalue weighted by atomic mass is 10.1. The molecule has 0 spiro atoms. The molecule has 1 fully saturated rings. The number of aromatic hydroxyl groups is 1. The third kappa shape index (κ3) is 7.02. The van der Waals surface area contributed by atoms with Gasteiger partial charge in [0.25, 0.3) is 0 Å². The van der Waals surface area contributed by atoms with Crippen molar-refractivity contribution in [2.24, 2.45) is 4.99 Å². The molecule has 1 atom stereocenters. The molecule has 3 N–H and O–H groups in total. The molecule has 2 heterocycles. The van der Waals surface area contributed by atoms with Crippen LogP contribution in [0.15, 0.2) is 47.6 Å². The fourth-order valence-corrected chi connectivity index (χ4v) is 3.33. The number of hydrogen-bond donors (Lipinski definition) is 3. The summed E-state index contributed by atoms with van der Waals surface area (Å²) in [5.41, 5.74) is 1.19. The van der Waals surface area contributed by atoms with E-state index in [1.165, 1.54) is 11.6 Å². The molecule has 1 aromatic heterocycles. The molecule has 0 amide bonds. The molecule has 0 saturated carbocycles. The lowest BCUT2D eigenvalue weighted by Gasteiger charge is -2.20. The summed E-state index contributed by atoms with van der Waals surface area (Å²) in [6, 6.07) is 10.6. The van der Waals surface area contributed by atoms with E-state index >= 15 is 0 Å². The second-order valence-electron chi connectivity index (χ2n) is 6.92. The van der Waals surface area contributed by atoms with Crippen molar-refractivity contribution in [3.63, 3.8) is 0 Å². The van der Waals surface area contributed by atoms with Crippen LogP contribution in [0.3, 0.4) is 0 Å². The van der Waals surface area contributed by atoms with Crippen molar-refractivity contribution in [2.45, 2.75) is 32.2 Å². The molecule has 1 saturated heterocycles. The number of guanidine groups is 1. The van der Waals surface area contributed by atoms with Gasteiger partial charge in [0.05, 0.1) is 0 Å². The van der Waals surface area contributed by atoms with Gasteiger partial charge in [0.15, 0.2) is 17.6 Å². The lowest BCUT2D eigenvalue weighted by molar-refractivity contribution is 0.475. The molecule has 29 heavy (non-hydrogen) atoms. The van der Waals surface area contributed by atoms with E-state index in [9.17, 15) is 9.50 Å². The fourth-order valence-electron chi connectivity index (χ4n) is 3.33. The number of halogens is 2. The minimum absolute atomic E-state index is 0. The Bertz CT molecular complexity index is 787. The van der Waals surface area contributed by atoms with Crippen molar-refractivity contribution < 1.29 is 9.50 Å². The largest absolute Gasteiger partial charge is 0.508 e. The average Bonchev–Trinajstić information content (AvgIpc) is 3.15. The predicted molar refractivity (Wildman–Crippen MR) is 126 cm³/mol. The quantitative estimate of drug-likeness (QED) is 0.230. The Morgan fingerprint density at radius 1 is 1.31 bits per heavy atom. The molecule has 8 heteroatoms. The topological polar surface area (TPSA) is 72.8 Å². The number of benzene rings is 1. The normalized spacial score (nSPS) is 16.4. The van der Waals surface area contributed by atoms with Crippen molar-refractivity contribution >= 4 is 35.8 Å². The van der Waals surface area contributed by atoms with E-state index in [0.29, 0.717) is 18.9 Å². The van der Waals surface area contributed by atoms with Gasteiger partial charge in [-0.05, 0) is 56.0 Å². The van der Waals surface area contributed by atoms with E-state index < -0.39 is 0 Å². The number of phenols is 1. The van der Waals surface area contributed by atoms with Gasteiger partial charge in [-0.2, -0.15) is 0 Å². The average molecular weight is 513 g/mol. The lowest BCUT2D eigenvalue weighted by Crippen LogP contribution is -2.44. The van der Waals surface area contributed by atoms with Crippen LogP contribution in [0, 0.1) is 5.82 Å². The highest BCUT2D eigenvalue weighted by Crippen LogP contribution is 2.20. The minimum atomic E-state index is -0.280. The summed E-state index contributed by atoms with van der Waals surface area (Å²) in [4.78, 5) is 10.8. The molecule has 3 rings (SSSR count). The van der Waals surface area contributed by atoms with Gasteiger partial charge in [-0.15, -0.1) is 24.0 Å². The van der Waals surface area contributed by atoms with Crippen molar-refractivity contribution in [1.29, 1.82) is 0 Å². The fraction of sp³-hybridized carbons (Fsp3) is 0.429. The van der Waals surface area contributed by atoms with Crippen LogP contribution in [0.25, 0.3) is 0 Å². The molecular formula is C21H29FIN5O. The first kappa shape index (κ1) is 23.2. The zero-order valence-corrected chi connectivity index (χ0v) is 19.0. The minimum Gasteiger partial charge on any atom is -0.508 e. The van der Waals surface area contributed by atoms with Gasteiger partial charge < -0.3 is 20.6 Å². The van der Waals surface area contributed by atoms with Crippen LogP contribution in [0.2, 0.25) is 0 Å². The number of nitrogens with zero attached hydrogens (tertiary/aromatic N) is 3. The monoisotopic (exact) mass is 513 g/mol. The Labute approximate surface area is 188 Å². The Balaban J connectivity index is 0.00000300. The van der Waals surface area contributed by atoms with Crippen LogP contribution in [-0.2, 0) is 6.42 Å². The van der Waals surface area contributed by atoms with Gasteiger partial charge in [0, 0.05) is 38.4 Å². The van der Waals surface area contributed by atoms with Crippen molar-refractivity contribution in [1.82, 2.24) is 15.6 Å². The molecule has 6 nitrogen and oxygen atoms in total. The SMILES string of the molecule is CCNC(=NCCCc1ccc(O)cc1)NC1CCN(c2ncccc2F)C1.I. The van der Waals surface area contributed by atoms with E-state index in [-0.39, 0.29) is 41.6 Å². The van der Waals surface area contributed by atoms with Crippen molar-refractivity contribution in [2.75, 3.05) is 31.1 Å². The van der Waals surface area contributed by atoms with Gasteiger partial charge >= 0.3 is 0 Å². The van der Waals surface area contributed by atoms with E-state index in [2.05, 4.69) is 20.6 Å². The number of aliphatic imine (C=N–C) groups is 1. The second-order valence-corrected chi connectivity index (χ2v) is 6.92. The summed E-state index contributed by atoms with van der Waals surface area (Å²) < 4.78 is 13.9. The van der Waals surface area contributed by atoms with Gasteiger partial charge in [-0.25, -0.2) is 9.37 Å². The Hall–Kier alpha value is -2.10. The summed E-state index contributed by atoms with van der Waals surface area (Å²) in [6.45, 7) is 5.01. The maximum atomic E-state index is 13.9. The maximum Gasteiger partial charge on any atom is 0.191 e. The highest BCUT2D eigenvalue weighted by Gasteiger charge is 2.25. The van der Waals surface area contributed by atoms with E-state index in [1.54, 1.807) is 24.4 Å². The Morgan fingerprint density at radius 2 is 2.10 bits per heavy atom. The second kappa shape index (κ2) is 11.8. The molecule has 0 bridgehead atoms. The maximum absolute atomic E-state index is 13.9. The molecule has 2 aromatic rings. The van der Waals surface area contributed by atoms with Crippen LogP contribution in [0.4, 0.5) is 10.2 Å². The first-order chi connectivity index (χ1) is 13.7. The van der Waals surface area contributed by atoms with E-state index in [4.69, 9.17) is 0 Å². The molecule has 1 unspecified atom stereocenters. The van der Waals surface area contributed by atoms with Gasteiger partial charge in [0.1, 0.15) is 5.75 Å². The van der Waals surface area contributed by atoms with E-state index in [0.717, 1.165) is 38.3 Å². The molecule has 0 aliphatic carbocycles. The molecule has 1 aromatic carbocycles. The highest BCUT2D eigenvalue weighted by atomic mass is 127. The van der Waals surface area contributed by atoms with Crippen LogP contribution in [0.5, 0.6) is 5.75 Å². The number of aryl methyl sites for hydroxylation is 1. The number of aromatic nitrogens is 1. The number of hydrogen-bond acceptors (Lipinski definition) is 4. The number of nitrogens with one attached hydrogen (secondary N) is 2. The first-order valence-corrected chi connectivity index (χ1v) is 9.84. The standard InChI is InChI=1S/C21H28FN5O.HI/c1-2-23-21(25-13-3-5-16-7-9-18(28)10-8-16)26-17-11-14-27(15-17)20-19(22)6-4-12-24-20;/h4,6-10,12,17,28H,2-3,5,11,13-15H2,1H3,(H2,23,25,26);1H. The summed E-state index contributed by atoms with van der Waals surface area (Å²) in [7, 11) is 0. The van der Waals surface area contributed by atoms with Crippen LogP contribution in [0.1, 0.15) is 25.3 Å². The van der Waals surface area contributed by atoms with Gasteiger partial charge in [-0.3, -0.25) is 4.99 Å². The number of rotatable bonds is 7. The molecule has 1 aliphatic heterocycles. The zero-order chi connectivity index (χ0) is 19.8. The summed E-state index contributed by atoms with van der Waals surface area (Å²) >= 11 is 0. The zero-order valence-electron chi connectivity index (χ0n) is 16.6. The summed E-state index contributed by atoms with van der Waals surface area (Å²) in [5, 5.41) is 16.1. The van der Waals surface area contributed by atoms with Crippen molar-refractivity contribution in [3.8, 4) is 5.75 Å². The van der Waals surface area contributed by atoms with E-state index in [1.807, 2.05) is 24.0 Å². The summed E-state index contributed by atoms with van der Waals surface area (Å²) in [6.07, 6.45) is 4.38. The number of pyridine rings is 1. The smallest absolute Gasteiger partial charge is 0.191 e. The predicted octanol–water partition coefficient (Wildman–Crippen LogP) is 3.31. The van der Waals surface area contributed by atoms with Crippen molar-refractivity contribution in [3.05, 3.63) is 54.0 Å². The third-order valence-corrected chi connectivity index (χ3v) is 4.74. The van der Waals surface area contributed by atoms with Crippen LogP contribution >= 0.6 is 24.0 Å². The van der Waals surface area contributed by atoms with Crippen LogP contribution in [-0.4, -0.2) is 48.3 Å². The molecule has 0 radical (unpaired) electrons. The first-order valence-electron chi connectivity index (χ1n) is 9.84. The van der Waals surface area contributed by atoms with Gasteiger partial charge in [0.2, 0.25) is 0 Å². The number of anilines is 1. The molecule has 158 valence electrons. The summed E-state index contributed by atoms with van der Waals surface area (Å²) in [5.74, 6) is 1.22. The Morgan fingerprint density at radius 3 is 2.83 bits per heavy atom. The molecular weight excluding hydrogens is 484 g/mol. The number of phenolic OH excluding ortho intramolecular Hbond substituents is 1. The van der Waals surface area contributed by atoms with Gasteiger partial charge in [-0.1, -0.05) is 12.1 Å². The highest BCUT2D eigenvalue weighted by molar-refractivity contribution is 14.0. The Kier molecular flexibility index (Phi) is 9.43. The molecule has 1 aliphatic rings.